The van der Waals surface area contributed by atoms with E-state index in [1.807, 2.05) is 16.8 Å². The van der Waals surface area contributed by atoms with Gasteiger partial charge in [0.2, 0.25) is 5.91 Å². The molecule has 0 spiro atoms. The minimum atomic E-state index is -0.780. The molecule has 108 valence electrons. The van der Waals surface area contributed by atoms with Crippen LogP contribution in [0.5, 0.6) is 0 Å². The molecule has 19 heavy (non-hydrogen) atoms. The lowest BCUT2D eigenvalue weighted by Crippen LogP contribution is -2.41. The summed E-state index contributed by atoms with van der Waals surface area (Å²) >= 11 is 0. The average Bonchev–Trinajstić information content (AvgIpc) is 3.16. The number of likely N-dealkylation sites (N-methyl/N-ethyl adjacent to an activating group) is 1. The van der Waals surface area contributed by atoms with Crippen molar-refractivity contribution in [3.8, 4) is 0 Å². The van der Waals surface area contributed by atoms with Gasteiger partial charge in [0.05, 0.1) is 13.1 Å². The van der Waals surface area contributed by atoms with Gasteiger partial charge in [0, 0.05) is 32.7 Å². The summed E-state index contributed by atoms with van der Waals surface area (Å²) in [5.74, 6) is -0.591. The topological polar surface area (TPSA) is 64.1 Å². The van der Waals surface area contributed by atoms with E-state index in [0.717, 1.165) is 45.4 Å². The van der Waals surface area contributed by atoms with Crippen LogP contribution in [-0.4, -0.2) is 84.0 Å². The third-order valence-electron chi connectivity index (χ3n) is 3.89. The Hall–Kier alpha value is -1.14. The second-order valence-electron chi connectivity index (χ2n) is 5.54. The predicted octanol–water partition coefficient (Wildman–Crippen LogP) is -0.300. The van der Waals surface area contributed by atoms with Gasteiger partial charge < -0.3 is 10.0 Å². The molecule has 0 atom stereocenters. The van der Waals surface area contributed by atoms with Crippen molar-refractivity contribution in [2.75, 3.05) is 46.3 Å². The average molecular weight is 269 g/mol. The molecule has 1 saturated heterocycles. The van der Waals surface area contributed by atoms with E-state index >= 15 is 0 Å². The zero-order chi connectivity index (χ0) is 13.8. The number of carboxylic acid groups (broad SMARTS) is 1. The molecule has 2 aliphatic rings. The van der Waals surface area contributed by atoms with Crippen molar-refractivity contribution in [1.82, 2.24) is 14.7 Å². The van der Waals surface area contributed by atoms with E-state index in [1.54, 1.807) is 0 Å². The number of hydrogen-bond donors (Lipinski definition) is 1. The number of nitrogens with zero attached hydrogens (tertiary/aromatic N) is 3. The Morgan fingerprint density at radius 1 is 1.11 bits per heavy atom. The first kappa shape index (κ1) is 14.3. The monoisotopic (exact) mass is 269 g/mol. The Labute approximate surface area is 114 Å². The molecule has 6 nitrogen and oxygen atoms in total. The Morgan fingerprint density at radius 2 is 1.68 bits per heavy atom. The Kier molecular flexibility index (Phi) is 4.76. The molecular formula is C13H23N3O3. The summed E-state index contributed by atoms with van der Waals surface area (Å²) in [6, 6.07) is 0.461. The highest BCUT2D eigenvalue weighted by atomic mass is 16.4. The molecule has 1 aliphatic heterocycles. The maximum atomic E-state index is 12.0. The number of rotatable bonds is 5. The van der Waals surface area contributed by atoms with E-state index in [1.165, 1.54) is 0 Å². The smallest absolute Gasteiger partial charge is 0.317 e. The minimum Gasteiger partial charge on any atom is -0.480 e. The molecule has 1 heterocycles. The number of carbonyl (C=O) groups excluding carboxylic acids is 1. The van der Waals surface area contributed by atoms with Crippen molar-refractivity contribution in [3.63, 3.8) is 0 Å². The fourth-order valence-corrected chi connectivity index (χ4v) is 2.50. The maximum absolute atomic E-state index is 12.0. The number of aliphatic carboxylic acids is 1. The third-order valence-corrected chi connectivity index (χ3v) is 3.89. The number of carboxylic acids is 1. The van der Waals surface area contributed by atoms with Crippen molar-refractivity contribution in [2.45, 2.75) is 25.3 Å². The van der Waals surface area contributed by atoms with Crippen LogP contribution < -0.4 is 0 Å². The highest BCUT2D eigenvalue weighted by Crippen LogP contribution is 2.25. The molecule has 1 N–H and O–H groups in total. The van der Waals surface area contributed by atoms with Crippen LogP contribution in [0.1, 0.15) is 19.3 Å². The van der Waals surface area contributed by atoms with Crippen molar-refractivity contribution >= 4 is 11.9 Å². The number of amides is 1. The maximum Gasteiger partial charge on any atom is 0.317 e. The van der Waals surface area contributed by atoms with E-state index in [9.17, 15) is 9.59 Å². The van der Waals surface area contributed by atoms with Crippen LogP contribution in [-0.2, 0) is 9.59 Å². The first-order valence-electron chi connectivity index (χ1n) is 6.98. The van der Waals surface area contributed by atoms with Gasteiger partial charge in [-0.3, -0.25) is 19.4 Å². The molecule has 0 aromatic rings. The van der Waals surface area contributed by atoms with Gasteiger partial charge in [-0.25, -0.2) is 0 Å². The predicted molar refractivity (Wildman–Crippen MR) is 70.9 cm³/mol. The van der Waals surface area contributed by atoms with Crippen molar-refractivity contribution < 1.29 is 14.7 Å². The number of carbonyl (C=O) groups is 2. The van der Waals surface area contributed by atoms with Crippen molar-refractivity contribution in [2.24, 2.45) is 0 Å². The highest BCUT2D eigenvalue weighted by molar-refractivity contribution is 5.78. The van der Waals surface area contributed by atoms with Crippen molar-refractivity contribution in [1.29, 1.82) is 0 Å². The van der Waals surface area contributed by atoms with Crippen molar-refractivity contribution in [3.05, 3.63) is 0 Å². The summed E-state index contributed by atoms with van der Waals surface area (Å²) in [4.78, 5) is 28.7. The van der Waals surface area contributed by atoms with Gasteiger partial charge in [-0.2, -0.15) is 0 Å². The summed E-state index contributed by atoms with van der Waals surface area (Å²) in [6.07, 6.45) is 3.19. The molecule has 0 bridgehead atoms. The van der Waals surface area contributed by atoms with Crippen LogP contribution in [0.25, 0.3) is 0 Å². The normalized spacial score (nSPS) is 21.9. The van der Waals surface area contributed by atoms with E-state index in [4.69, 9.17) is 5.11 Å². The van der Waals surface area contributed by atoms with Gasteiger partial charge >= 0.3 is 5.97 Å². The standard InChI is InChI=1S/C13H23N3O3/c1-14(11-3-4-11)12(17)9-15-5-2-6-16(8-7-15)10-13(18)19/h11H,2-10H2,1H3,(H,18,19). The molecule has 2 rings (SSSR count). The first-order chi connectivity index (χ1) is 9.06. The van der Waals surface area contributed by atoms with Crippen LogP contribution in [0.4, 0.5) is 0 Å². The molecule has 0 aromatic heterocycles. The largest absolute Gasteiger partial charge is 0.480 e. The molecule has 0 radical (unpaired) electrons. The number of hydrogen-bond acceptors (Lipinski definition) is 4. The minimum absolute atomic E-state index is 0.101. The molecule has 2 fully saturated rings. The second kappa shape index (κ2) is 6.34. The highest BCUT2D eigenvalue weighted by Gasteiger charge is 2.30. The molecule has 1 saturated carbocycles. The Balaban J connectivity index is 1.75. The molecule has 6 heteroatoms. The summed E-state index contributed by atoms with van der Waals surface area (Å²) in [7, 11) is 1.88. The van der Waals surface area contributed by atoms with Gasteiger partial charge in [-0.05, 0) is 25.8 Å². The van der Waals surface area contributed by atoms with Gasteiger partial charge in [0.15, 0.2) is 0 Å². The lowest BCUT2D eigenvalue weighted by molar-refractivity contribution is -0.138. The molecule has 1 aliphatic carbocycles. The zero-order valence-electron chi connectivity index (χ0n) is 11.5. The molecule has 0 unspecified atom stereocenters. The Bertz CT molecular complexity index is 344. The van der Waals surface area contributed by atoms with E-state index in [0.29, 0.717) is 12.6 Å². The van der Waals surface area contributed by atoms with E-state index in [2.05, 4.69) is 4.90 Å². The molecule has 1 amide bonds. The van der Waals surface area contributed by atoms with Crippen LogP contribution in [0, 0.1) is 0 Å². The second-order valence-corrected chi connectivity index (χ2v) is 5.54. The fraction of sp³-hybridized carbons (Fsp3) is 0.846. The SMILES string of the molecule is CN(C(=O)CN1CCCN(CC(=O)O)CC1)C1CC1. The lowest BCUT2D eigenvalue weighted by Gasteiger charge is -2.23. The van der Waals surface area contributed by atoms with Gasteiger partial charge in [0.1, 0.15) is 0 Å². The molecule has 0 aromatic carbocycles. The Morgan fingerprint density at radius 3 is 2.21 bits per heavy atom. The van der Waals surface area contributed by atoms with E-state index in [-0.39, 0.29) is 12.5 Å². The van der Waals surface area contributed by atoms with Gasteiger partial charge in [-0.1, -0.05) is 0 Å². The van der Waals surface area contributed by atoms with Crippen LogP contribution in [0.15, 0.2) is 0 Å². The summed E-state index contributed by atoms with van der Waals surface area (Å²) in [5, 5.41) is 8.79. The fourth-order valence-electron chi connectivity index (χ4n) is 2.50. The van der Waals surface area contributed by atoms with Gasteiger partial charge in [-0.15, -0.1) is 0 Å². The van der Waals surface area contributed by atoms with Gasteiger partial charge in [0.25, 0.3) is 0 Å². The van der Waals surface area contributed by atoms with Crippen LogP contribution in [0.3, 0.4) is 0 Å². The van der Waals surface area contributed by atoms with Crippen LogP contribution in [0.2, 0.25) is 0 Å². The summed E-state index contributed by atoms with van der Waals surface area (Å²) < 4.78 is 0. The van der Waals surface area contributed by atoms with Crippen LogP contribution >= 0.6 is 0 Å². The summed E-state index contributed by atoms with van der Waals surface area (Å²) in [6.45, 7) is 3.75. The van der Waals surface area contributed by atoms with E-state index < -0.39 is 5.97 Å². The lowest BCUT2D eigenvalue weighted by atomic mass is 10.3. The third kappa shape index (κ3) is 4.47. The first-order valence-corrected chi connectivity index (χ1v) is 6.98. The molecular weight excluding hydrogens is 246 g/mol. The summed E-state index contributed by atoms with van der Waals surface area (Å²) in [5.41, 5.74) is 0. The zero-order valence-corrected chi connectivity index (χ0v) is 11.5. The quantitative estimate of drug-likeness (QED) is 0.742.